The molecule has 0 atom stereocenters. The van der Waals surface area contributed by atoms with E-state index < -0.39 is 10.9 Å². The summed E-state index contributed by atoms with van der Waals surface area (Å²) in [5, 5.41) is 12.2. The number of carbonyl (C=O) groups excluding carboxylic acids is 1. The number of fused-ring (bicyclic) bond motifs is 1. The van der Waals surface area contributed by atoms with Gasteiger partial charge in [0.05, 0.1) is 17.5 Å². The number of thiophene rings is 1. The highest BCUT2D eigenvalue weighted by Gasteiger charge is 2.21. The fraction of sp³-hybridized carbons (Fsp3) is 0.111. The molecule has 0 fully saturated rings. The summed E-state index contributed by atoms with van der Waals surface area (Å²) in [6.45, 7) is 1.93. The Balaban J connectivity index is 1.96. The van der Waals surface area contributed by atoms with Gasteiger partial charge in [0.1, 0.15) is 9.75 Å². The quantitative estimate of drug-likeness (QED) is 0.392. The molecule has 7 heteroatoms. The molecule has 2 heterocycles. The summed E-state index contributed by atoms with van der Waals surface area (Å²) in [6.07, 6.45) is 3.41. The van der Waals surface area contributed by atoms with Crippen molar-refractivity contribution in [3.05, 3.63) is 67.5 Å². The maximum absolute atomic E-state index is 11.6. The van der Waals surface area contributed by atoms with Gasteiger partial charge in [-0.3, -0.25) is 15.1 Å². The van der Waals surface area contributed by atoms with Crippen molar-refractivity contribution < 1.29 is 14.5 Å². The molecule has 2 aromatic heterocycles. The molecule has 25 heavy (non-hydrogen) atoms. The topological polar surface area (TPSA) is 82.3 Å². The smallest absolute Gasteiger partial charge is 0.348 e. The van der Waals surface area contributed by atoms with Crippen LogP contribution in [-0.4, -0.2) is 23.0 Å². The van der Waals surface area contributed by atoms with Crippen molar-refractivity contribution >= 4 is 46.0 Å². The average Bonchev–Trinajstić information content (AvgIpc) is 3.03. The minimum Gasteiger partial charge on any atom is -0.465 e. The number of aromatic nitrogens is 1. The van der Waals surface area contributed by atoms with Gasteiger partial charge in [-0.1, -0.05) is 18.2 Å². The van der Waals surface area contributed by atoms with Crippen LogP contribution >= 0.6 is 11.3 Å². The van der Waals surface area contributed by atoms with Crippen LogP contribution in [0.5, 0.6) is 0 Å². The lowest BCUT2D eigenvalue weighted by Gasteiger charge is -2.00. The average molecular weight is 354 g/mol. The molecule has 0 aliphatic heterocycles. The van der Waals surface area contributed by atoms with Crippen molar-refractivity contribution in [2.75, 3.05) is 7.11 Å². The Morgan fingerprint density at radius 3 is 2.76 bits per heavy atom. The number of hydrogen-bond donors (Lipinski definition) is 0. The first-order valence-electron chi connectivity index (χ1n) is 7.40. The molecule has 0 aliphatic rings. The molecule has 0 bridgehead atoms. The first kappa shape index (κ1) is 16.8. The zero-order chi connectivity index (χ0) is 18.0. The number of pyridine rings is 1. The van der Waals surface area contributed by atoms with Crippen LogP contribution in [0, 0.1) is 17.0 Å². The Bertz CT molecular complexity index is 1010. The Kier molecular flexibility index (Phi) is 4.58. The molecule has 0 N–H and O–H groups in total. The lowest BCUT2D eigenvalue weighted by Crippen LogP contribution is -1.97. The number of aryl methyl sites for hydroxylation is 1. The molecule has 6 nitrogen and oxygen atoms in total. The molecule has 3 aromatic rings. The monoisotopic (exact) mass is 354 g/mol. The van der Waals surface area contributed by atoms with Gasteiger partial charge in [-0.25, -0.2) is 4.79 Å². The number of carbonyl (C=O) groups is 1. The first-order chi connectivity index (χ1) is 12.0. The molecule has 0 aliphatic carbocycles. The lowest BCUT2D eigenvalue weighted by atomic mass is 10.1. The van der Waals surface area contributed by atoms with Crippen molar-refractivity contribution in [3.63, 3.8) is 0 Å². The minimum atomic E-state index is -0.583. The fourth-order valence-corrected chi connectivity index (χ4v) is 3.33. The van der Waals surface area contributed by atoms with E-state index in [4.69, 9.17) is 0 Å². The summed E-state index contributed by atoms with van der Waals surface area (Å²) in [4.78, 5) is 27.3. The number of methoxy groups -OCH3 is 1. The van der Waals surface area contributed by atoms with E-state index in [0.717, 1.165) is 33.5 Å². The maximum atomic E-state index is 11.6. The van der Waals surface area contributed by atoms with E-state index >= 15 is 0 Å². The fourth-order valence-electron chi connectivity index (χ4n) is 2.38. The van der Waals surface area contributed by atoms with Gasteiger partial charge in [-0.15, -0.1) is 11.3 Å². The van der Waals surface area contributed by atoms with E-state index in [2.05, 4.69) is 9.72 Å². The van der Waals surface area contributed by atoms with E-state index in [9.17, 15) is 14.9 Å². The summed E-state index contributed by atoms with van der Waals surface area (Å²) in [7, 11) is 1.24. The molecule has 0 saturated heterocycles. The summed E-state index contributed by atoms with van der Waals surface area (Å²) in [5.74, 6) is -0.583. The zero-order valence-electron chi connectivity index (χ0n) is 13.6. The molecule has 1 aromatic carbocycles. The predicted molar refractivity (Wildman–Crippen MR) is 97.7 cm³/mol. The normalized spacial score (nSPS) is 11.1. The van der Waals surface area contributed by atoms with Gasteiger partial charge in [0, 0.05) is 17.1 Å². The van der Waals surface area contributed by atoms with Crippen LogP contribution in [0.1, 0.15) is 25.8 Å². The van der Waals surface area contributed by atoms with E-state index in [1.165, 1.54) is 13.2 Å². The number of esters is 1. The van der Waals surface area contributed by atoms with Crippen molar-refractivity contribution in [1.29, 1.82) is 0 Å². The van der Waals surface area contributed by atoms with E-state index in [-0.39, 0.29) is 10.6 Å². The van der Waals surface area contributed by atoms with Crippen LogP contribution in [-0.2, 0) is 4.74 Å². The van der Waals surface area contributed by atoms with Crippen molar-refractivity contribution in [3.8, 4) is 0 Å². The molecular weight excluding hydrogens is 340 g/mol. The van der Waals surface area contributed by atoms with Gasteiger partial charge in [0.25, 0.3) is 5.69 Å². The molecule has 3 rings (SSSR count). The van der Waals surface area contributed by atoms with Crippen molar-refractivity contribution in [2.24, 2.45) is 0 Å². The summed E-state index contributed by atoms with van der Waals surface area (Å²) in [5.41, 5.74) is 2.62. The summed E-state index contributed by atoms with van der Waals surface area (Å²) >= 11 is 1.03. The van der Waals surface area contributed by atoms with Gasteiger partial charge in [-0.2, -0.15) is 0 Å². The van der Waals surface area contributed by atoms with Crippen LogP contribution in [0.4, 0.5) is 5.69 Å². The molecule has 0 radical (unpaired) electrons. The Hall–Kier alpha value is -3.06. The van der Waals surface area contributed by atoms with Gasteiger partial charge in [0.15, 0.2) is 0 Å². The molecule has 0 amide bonds. The standard InChI is InChI=1S/C18H14N2O4S/c1-11-3-6-13-9-12(4-7-14(13)19-11)5-8-16-15(20(22)23)10-17(25-16)18(21)24-2/h3-10H,1-2H3/b8-5+. The second-order valence-corrected chi connectivity index (χ2v) is 6.43. The predicted octanol–water partition coefficient (Wildman–Crippen LogP) is 4.47. The highest BCUT2D eigenvalue weighted by molar-refractivity contribution is 7.15. The number of rotatable bonds is 4. The molecule has 0 saturated carbocycles. The second kappa shape index (κ2) is 6.82. The van der Waals surface area contributed by atoms with Gasteiger partial charge < -0.3 is 4.74 Å². The third-order valence-electron chi connectivity index (χ3n) is 3.60. The van der Waals surface area contributed by atoms with Crippen LogP contribution in [0.2, 0.25) is 0 Å². The number of ether oxygens (including phenoxy) is 1. The molecule has 126 valence electrons. The summed E-state index contributed by atoms with van der Waals surface area (Å²) in [6, 6.07) is 10.9. The molecule has 0 spiro atoms. The van der Waals surface area contributed by atoms with Crippen LogP contribution < -0.4 is 0 Å². The third-order valence-corrected chi connectivity index (χ3v) is 4.67. The van der Waals surface area contributed by atoms with Crippen LogP contribution in [0.3, 0.4) is 0 Å². The van der Waals surface area contributed by atoms with E-state index in [0.29, 0.717) is 4.88 Å². The van der Waals surface area contributed by atoms with Crippen molar-refractivity contribution in [1.82, 2.24) is 4.98 Å². The SMILES string of the molecule is COC(=O)c1cc([N+](=O)[O-])c(/C=C/c2ccc3nc(C)ccc3c2)s1. The van der Waals surface area contributed by atoms with Gasteiger partial charge in [-0.05, 0) is 36.8 Å². The van der Waals surface area contributed by atoms with Gasteiger partial charge in [0.2, 0.25) is 0 Å². The van der Waals surface area contributed by atoms with E-state index in [1.54, 1.807) is 12.2 Å². The minimum absolute atomic E-state index is 0.111. The van der Waals surface area contributed by atoms with E-state index in [1.807, 2.05) is 37.3 Å². The molecular formula is C18H14N2O4S. The second-order valence-electron chi connectivity index (χ2n) is 5.35. The zero-order valence-corrected chi connectivity index (χ0v) is 14.4. The van der Waals surface area contributed by atoms with Crippen LogP contribution in [0.25, 0.3) is 23.1 Å². The molecule has 0 unspecified atom stereocenters. The van der Waals surface area contributed by atoms with Crippen LogP contribution in [0.15, 0.2) is 36.4 Å². The summed E-state index contributed by atoms with van der Waals surface area (Å²) < 4.78 is 4.62. The highest BCUT2D eigenvalue weighted by atomic mass is 32.1. The lowest BCUT2D eigenvalue weighted by molar-refractivity contribution is -0.384. The van der Waals surface area contributed by atoms with Crippen molar-refractivity contribution in [2.45, 2.75) is 6.92 Å². The Morgan fingerprint density at radius 2 is 2.04 bits per heavy atom. The largest absolute Gasteiger partial charge is 0.465 e. The Morgan fingerprint density at radius 1 is 1.24 bits per heavy atom. The number of hydrogen-bond acceptors (Lipinski definition) is 6. The third kappa shape index (κ3) is 3.56. The number of benzene rings is 1. The highest BCUT2D eigenvalue weighted by Crippen LogP contribution is 2.31. The number of nitrogens with zero attached hydrogens (tertiary/aromatic N) is 2. The first-order valence-corrected chi connectivity index (χ1v) is 8.21. The maximum Gasteiger partial charge on any atom is 0.348 e. The Labute approximate surface area is 147 Å². The van der Waals surface area contributed by atoms with Gasteiger partial charge >= 0.3 is 5.97 Å². The number of nitro groups is 1.